The van der Waals surface area contributed by atoms with Crippen molar-refractivity contribution in [3.05, 3.63) is 64.9 Å². The third-order valence-electron chi connectivity index (χ3n) is 5.29. The van der Waals surface area contributed by atoms with Crippen LogP contribution in [0.1, 0.15) is 35.4 Å². The number of hydrogen-bond acceptors (Lipinski definition) is 4. The number of piperidine rings is 1. The van der Waals surface area contributed by atoms with Gasteiger partial charge in [-0.15, -0.1) is 0 Å². The van der Waals surface area contributed by atoms with E-state index in [2.05, 4.69) is 20.3 Å². The molecule has 1 aliphatic rings. The highest BCUT2D eigenvalue weighted by molar-refractivity contribution is 5.47. The summed E-state index contributed by atoms with van der Waals surface area (Å²) in [6, 6.07) is 9.50. The average molecular weight is 367 g/mol. The summed E-state index contributed by atoms with van der Waals surface area (Å²) in [6.07, 6.45) is 4.16. The Bertz CT molecular complexity index is 935. The summed E-state index contributed by atoms with van der Waals surface area (Å²) < 4.78 is 15.8. The van der Waals surface area contributed by atoms with E-state index in [4.69, 9.17) is 0 Å². The third kappa shape index (κ3) is 4.01. The van der Waals surface area contributed by atoms with Crippen molar-refractivity contribution in [3.8, 4) is 0 Å². The van der Waals surface area contributed by atoms with Gasteiger partial charge in [0.25, 0.3) is 0 Å². The van der Waals surface area contributed by atoms with E-state index in [1.54, 1.807) is 6.07 Å². The molecule has 1 N–H and O–H groups in total. The van der Waals surface area contributed by atoms with Gasteiger partial charge in [0.15, 0.2) is 5.65 Å². The molecule has 3 aromatic rings. The number of aryl methyl sites for hydroxylation is 2. The fourth-order valence-electron chi connectivity index (χ4n) is 3.93. The lowest BCUT2D eigenvalue weighted by molar-refractivity contribution is 0.181. The normalized spacial score (nSPS) is 18.3. The Kier molecular flexibility index (Phi) is 5.18. The number of nitrogens with zero attached hydrogens (tertiary/aromatic N) is 4. The van der Waals surface area contributed by atoms with E-state index < -0.39 is 0 Å². The van der Waals surface area contributed by atoms with Crippen molar-refractivity contribution in [2.24, 2.45) is 0 Å². The second-order valence-corrected chi connectivity index (χ2v) is 7.49. The van der Waals surface area contributed by atoms with E-state index in [0.29, 0.717) is 12.6 Å². The highest BCUT2D eigenvalue weighted by Crippen LogP contribution is 2.17. The van der Waals surface area contributed by atoms with Crippen LogP contribution in [0.5, 0.6) is 0 Å². The number of nitrogens with one attached hydrogen (secondary N) is 1. The topological polar surface area (TPSA) is 45.5 Å². The minimum atomic E-state index is -0.115. The van der Waals surface area contributed by atoms with Crippen molar-refractivity contribution in [2.75, 3.05) is 13.1 Å². The summed E-state index contributed by atoms with van der Waals surface area (Å²) in [5.74, 6) is -0.115. The summed E-state index contributed by atoms with van der Waals surface area (Å²) >= 11 is 0. The highest BCUT2D eigenvalue weighted by atomic mass is 19.1. The van der Waals surface area contributed by atoms with Crippen LogP contribution in [0.4, 0.5) is 4.39 Å². The molecule has 0 bridgehead atoms. The number of fused-ring (bicyclic) bond motifs is 1. The summed E-state index contributed by atoms with van der Waals surface area (Å²) in [5.41, 5.74) is 4.93. The molecule has 2 aromatic heterocycles. The number of likely N-dealkylation sites (tertiary alicyclic amines) is 1. The quantitative estimate of drug-likeness (QED) is 0.752. The van der Waals surface area contributed by atoms with Crippen LogP contribution in [-0.4, -0.2) is 38.6 Å². The zero-order valence-corrected chi connectivity index (χ0v) is 16.0. The fourth-order valence-corrected chi connectivity index (χ4v) is 3.93. The smallest absolute Gasteiger partial charge is 0.159 e. The van der Waals surface area contributed by atoms with E-state index in [1.165, 1.54) is 6.07 Å². The Morgan fingerprint density at radius 2 is 2.07 bits per heavy atom. The Morgan fingerprint density at radius 1 is 1.22 bits per heavy atom. The van der Waals surface area contributed by atoms with Gasteiger partial charge in [0.05, 0.1) is 6.20 Å². The zero-order valence-electron chi connectivity index (χ0n) is 16.0. The van der Waals surface area contributed by atoms with Crippen LogP contribution in [0, 0.1) is 19.7 Å². The van der Waals surface area contributed by atoms with Crippen LogP contribution in [0.3, 0.4) is 0 Å². The van der Waals surface area contributed by atoms with Gasteiger partial charge in [-0.05, 0) is 45.4 Å². The number of benzene rings is 1. The number of hydrogen-bond donors (Lipinski definition) is 1. The maximum absolute atomic E-state index is 13.9. The molecule has 1 aromatic carbocycles. The molecule has 0 spiro atoms. The molecule has 4 rings (SSSR count). The first-order chi connectivity index (χ1) is 13.1. The summed E-state index contributed by atoms with van der Waals surface area (Å²) in [7, 11) is 0. The molecule has 0 saturated carbocycles. The molecular weight excluding hydrogens is 341 g/mol. The summed E-state index contributed by atoms with van der Waals surface area (Å²) in [5, 5.41) is 8.12. The summed E-state index contributed by atoms with van der Waals surface area (Å²) in [4.78, 5) is 6.98. The second kappa shape index (κ2) is 7.74. The molecule has 0 radical (unpaired) electrons. The Balaban J connectivity index is 1.39. The van der Waals surface area contributed by atoms with Gasteiger partial charge in [0, 0.05) is 48.2 Å². The number of halogens is 1. The molecule has 0 aliphatic carbocycles. The molecule has 1 unspecified atom stereocenters. The predicted octanol–water partition coefficient (Wildman–Crippen LogP) is 3.24. The van der Waals surface area contributed by atoms with E-state index in [0.717, 1.165) is 60.6 Å². The van der Waals surface area contributed by atoms with Crippen molar-refractivity contribution in [1.82, 2.24) is 24.8 Å². The van der Waals surface area contributed by atoms with Gasteiger partial charge in [0.1, 0.15) is 5.82 Å². The molecule has 3 heterocycles. The first-order valence-corrected chi connectivity index (χ1v) is 9.60. The third-order valence-corrected chi connectivity index (χ3v) is 5.29. The van der Waals surface area contributed by atoms with Crippen LogP contribution in [0.25, 0.3) is 5.65 Å². The van der Waals surface area contributed by atoms with E-state index in [1.807, 2.05) is 42.8 Å². The van der Waals surface area contributed by atoms with Crippen LogP contribution in [0.15, 0.2) is 36.5 Å². The number of aromatic nitrogens is 3. The van der Waals surface area contributed by atoms with Crippen LogP contribution in [0.2, 0.25) is 0 Å². The molecule has 27 heavy (non-hydrogen) atoms. The molecule has 0 amide bonds. The standard InChI is InChI=1S/C21H26FN5/c1-15-10-16(2)27-21(25-15)18(12-24-27)11-23-19-7-5-9-26(14-19)13-17-6-3-4-8-20(17)22/h3-4,6,8,10,12,19,23H,5,7,9,11,13-14H2,1-2H3. The van der Waals surface area contributed by atoms with Gasteiger partial charge in [0.2, 0.25) is 0 Å². The van der Waals surface area contributed by atoms with Crippen molar-refractivity contribution < 1.29 is 4.39 Å². The van der Waals surface area contributed by atoms with Gasteiger partial charge in [-0.25, -0.2) is 13.9 Å². The SMILES string of the molecule is Cc1cc(C)n2ncc(CNC3CCCN(Cc4ccccc4F)C3)c2n1. The van der Waals surface area contributed by atoms with Crippen molar-refractivity contribution in [2.45, 2.75) is 45.8 Å². The second-order valence-electron chi connectivity index (χ2n) is 7.49. The molecule has 142 valence electrons. The van der Waals surface area contributed by atoms with E-state index >= 15 is 0 Å². The van der Waals surface area contributed by atoms with Gasteiger partial charge < -0.3 is 5.32 Å². The first kappa shape index (κ1) is 18.1. The lowest BCUT2D eigenvalue weighted by Gasteiger charge is -2.33. The monoisotopic (exact) mass is 367 g/mol. The predicted molar refractivity (Wildman–Crippen MR) is 104 cm³/mol. The molecule has 1 fully saturated rings. The minimum Gasteiger partial charge on any atom is -0.308 e. The van der Waals surface area contributed by atoms with Gasteiger partial charge in [-0.3, -0.25) is 4.90 Å². The first-order valence-electron chi connectivity index (χ1n) is 9.60. The van der Waals surface area contributed by atoms with Crippen LogP contribution < -0.4 is 5.32 Å². The summed E-state index contributed by atoms with van der Waals surface area (Å²) in [6.45, 7) is 7.42. The van der Waals surface area contributed by atoms with E-state index in [-0.39, 0.29) is 5.82 Å². The zero-order chi connectivity index (χ0) is 18.8. The van der Waals surface area contributed by atoms with Crippen molar-refractivity contribution in [1.29, 1.82) is 0 Å². The maximum Gasteiger partial charge on any atom is 0.159 e. The van der Waals surface area contributed by atoms with Crippen molar-refractivity contribution >= 4 is 5.65 Å². The van der Waals surface area contributed by atoms with Crippen LogP contribution in [-0.2, 0) is 13.1 Å². The molecular formula is C21H26FN5. The Labute approximate surface area is 159 Å². The molecule has 6 heteroatoms. The van der Waals surface area contributed by atoms with Gasteiger partial charge in [-0.1, -0.05) is 18.2 Å². The van der Waals surface area contributed by atoms with Gasteiger partial charge in [-0.2, -0.15) is 5.10 Å². The Morgan fingerprint density at radius 3 is 2.93 bits per heavy atom. The molecule has 1 aliphatic heterocycles. The maximum atomic E-state index is 13.9. The van der Waals surface area contributed by atoms with E-state index in [9.17, 15) is 4.39 Å². The average Bonchev–Trinajstić information content (AvgIpc) is 3.05. The number of rotatable bonds is 5. The lowest BCUT2D eigenvalue weighted by Crippen LogP contribution is -2.45. The molecule has 1 atom stereocenters. The largest absolute Gasteiger partial charge is 0.308 e. The minimum absolute atomic E-state index is 0.115. The van der Waals surface area contributed by atoms with Crippen LogP contribution >= 0.6 is 0 Å². The fraction of sp³-hybridized carbons (Fsp3) is 0.429. The Hall–Kier alpha value is -2.31. The molecule has 1 saturated heterocycles. The van der Waals surface area contributed by atoms with Gasteiger partial charge >= 0.3 is 0 Å². The highest BCUT2D eigenvalue weighted by Gasteiger charge is 2.21. The molecule has 5 nitrogen and oxygen atoms in total. The lowest BCUT2D eigenvalue weighted by atomic mass is 10.0. The van der Waals surface area contributed by atoms with Crippen molar-refractivity contribution in [3.63, 3.8) is 0 Å².